The van der Waals surface area contributed by atoms with Crippen LogP contribution in [-0.4, -0.2) is 56.3 Å². The largest absolute Gasteiger partial charge is 0.493 e. The Kier molecular flexibility index (Phi) is 5.44. The summed E-state index contributed by atoms with van der Waals surface area (Å²) in [5, 5.41) is 16.0. The van der Waals surface area contributed by atoms with Crippen molar-refractivity contribution < 1.29 is 23.4 Å². The van der Waals surface area contributed by atoms with Crippen molar-refractivity contribution in [2.75, 3.05) is 30.5 Å². The van der Waals surface area contributed by atoms with Crippen molar-refractivity contribution in [1.29, 1.82) is 0 Å². The average molecular weight is 522 g/mol. The van der Waals surface area contributed by atoms with Crippen LogP contribution in [0.3, 0.4) is 0 Å². The molecule has 1 N–H and O–H groups in total. The third kappa shape index (κ3) is 3.87. The Hall–Kier alpha value is -4.35. The number of hydrogen-bond donors (Lipinski definition) is 1. The number of carbonyl (C=O) groups is 1. The van der Waals surface area contributed by atoms with Crippen molar-refractivity contribution in [3.8, 4) is 22.8 Å². The number of nitrogens with zero attached hydrogens (tertiary/aromatic N) is 6. The number of ether oxygens (including phenoxy) is 3. The number of aryl methyl sites for hydroxylation is 1. The molecule has 0 saturated carbocycles. The predicted molar refractivity (Wildman–Crippen MR) is 137 cm³/mol. The third-order valence-electron chi connectivity index (χ3n) is 6.66. The van der Waals surface area contributed by atoms with E-state index in [2.05, 4.69) is 20.6 Å². The van der Waals surface area contributed by atoms with Gasteiger partial charge in [0.25, 0.3) is 0 Å². The molecule has 1 atom stereocenters. The second-order valence-electron chi connectivity index (χ2n) is 10.4. The summed E-state index contributed by atoms with van der Waals surface area (Å²) >= 11 is 0. The van der Waals surface area contributed by atoms with Crippen LogP contribution >= 0.6 is 0 Å². The second kappa shape index (κ2) is 8.61. The number of amides is 1. The molecule has 6 rings (SSSR count). The molecule has 3 aromatic heterocycles. The summed E-state index contributed by atoms with van der Waals surface area (Å²) in [6.07, 6.45) is 0.851. The number of hydrogen-bond acceptors (Lipinski definition) is 8. The lowest BCUT2D eigenvalue weighted by molar-refractivity contribution is 0.0574. The molecule has 1 aromatic carbocycles. The average Bonchev–Trinajstić information content (AvgIpc) is 3.59. The molecular weight excluding hydrogens is 493 g/mol. The molecule has 0 radical (unpaired) electrons. The number of nitrogens with one attached hydrogen (secondary N) is 1. The number of aromatic nitrogens is 5. The van der Waals surface area contributed by atoms with Crippen molar-refractivity contribution in [2.24, 2.45) is 7.05 Å². The van der Waals surface area contributed by atoms with Crippen molar-refractivity contribution in [3.05, 3.63) is 47.5 Å². The maximum Gasteiger partial charge on any atom is 0.416 e. The Bertz CT molecular complexity index is 1570. The van der Waals surface area contributed by atoms with E-state index in [4.69, 9.17) is 14.2 Å². The van der Waals surface area contributed by atoms with E-state index < -0.39 is 17.5 Å². The van der Waals surface area contributed by atoms with Crippen molar-refractivity contribution in [3.63, 3.8) is 0 Å². The number of carbonyl (C=O) groups excluding carboxylic acids is 1. The fourth-order valence-corrected chi connectivity index (χ4v) is 5.00. The molecule has 0 spiro atoms. The van der Waals surface area contributed by atoms with E-state index in [9.17, 15) is 4.79 Å². The number of benzene rings is 1. The van der Waals surface area contributed by atoms with E-state index in [0.29, 0.717) is 52.1 Å². The number of rotatable bonds is 2. The first-order chi connectivity index (χ1) is 18.1. The van der Waals surface area contributed by atoms with Crippen LogP contribution in [0.5, 0.6) is 11.5 Å². The lowest BCUT2D eigenvalue weighted by Gasteiger charge is -2.29. The highest BCUT2D eigenvalue weighted by atomic mass is 19.1. The van der Waals surface area contributed by atoms with Crippen LogP contribution in [0.4, 0.5) is 20.8 Å². The van der Waals surface area contributed by atoms with Crippen molar-refractivity contribution in [1.82, 2.24) is 24.4 Å². The molecule has 12 heteroatoms. The molecule has 0 aliphatic carbocycles. The maximum atomic E-state index is 15.3. The van der Waals surface area contributed by atoms with Gasteiger partial charge in [-0.3, -0.25) is 14.0 Å². The topological polar surface area (TPSA) is 108 Å². The van der Waals surface area contributed by atoms with Gasteiger partial charge >= 0.3 is 6.09 Å². The van der Waals surface area contributed by atoms with Crippen molar-refractivity contribution >= 4 is 23.4 Å². The Morgan fingerprint density at radius 1 is 1.18 bits per heavy atom. The van der Waals surface area contributed by atoms with Gasteiger partial charge in [0.05, 0.1) is 31.4 Å². The lowest BCUT2D eigenvalue weighted by atomic mass is 9.95. The highest BCUT2D eigenvalue weighted by Crippen LogP contribution is 2.44. The molecule has 2 aliphatic rings. The first kappa shape index (κ1) is 24.0. The standard InChI is InChI=1S/C26H28FN7O4/c1-26(2,3)38-25(35)33-10-16-17(27)6-7-19-22(16)14(11-36-19)12-37-20-8-15(18-9-21(28-4)31-32(18)5)23-30-29-13-34(23)24(20)33/h6-9,13-14H,10-12H2,1-5H3,(H,28,31)/t14-/m1/s1. The summed E-state index contributed by atoms with van der Waals surface area (Å²) in [5.74, 6) is 1.37. The minimum atomic E-state index is -0.788. The predicted octanol–water partition coefficient (Wildman–Crippen LogP) is 4.12. The van der Waals surface area contributed by atoms with Crippen LogP contribution in [0.25, 0.3) is 16.9 Å². The molecular formula is C26H28FN7O4. The van der Waals surface area contributed by atoms with Gasteiger partial charge in [0.15, 0.2) is 17.2 Å². The first-order valence-corrected chi connectivity index (χ1v) is 12.3. The molecule has 0 fully saturated rings. The van der Waals surface area contributed by atoms with E-state index in [1.54, 1.807) is 43.0 Å². The first-order valence-electron chi connectivity index (χ1n) is 12.3. The number of anilines is 2. The summed E-state index contributed by atoms with van der Waals surface area (Å²) in [5.41, 5.74) is 2.23. The summed E-state index contributed by atoms with van der Waals surface area (Å²) < 4.78 is 36.8. The summed E-state index contributed by atoms with van der Waals surface area (Å²) in [6.45, 7) is 5.82. The zero-order valence-corrected chi connectivity index (χ0v) is 21.8. The van der Waals surface area contributed by atoms with E-state index >= 15 is 4.39 Å². The Morgan fingerprint density at radius 2 is 1.95 bits per heavy atom. The van der Waals surface area contributed by atoms with Gasteiger partial charge in [-0.15, -0.1) is 10.2 Å². The van der Waals surface area contributed by atoms with Crippen molar-refractivity contribution in [2.45, 2.75) is 38.8 Å². The molecule has 38 heavy (non-hydrogen) atoms. The highest BCUT2D eigenvalue weighted by molar-refractivity contribution is 5.92. The summed E-state index contributed by atoms with van der Waals surface area (Å²) in [4.78, 5) is 15.1. The highest BCUT2D eigenvalue weighted by Gasteiger charge is 2.37. The molecule has 0 unspecified atom stereocenters. The van der Waals surface area contributed by atoms with Gasteiger partial charge in [-0.2, -0.15) is 5.10 Å². The second-order valence-corrected chi connectivity index (χ2v) is 10.4. The van der Waals surface area contributed by atoms with Gasteiger partial charge in [0.2, 0.25) is 0 Å². The van der Waals surface area contributed by atoms with Gasteiger partial charge in [-0.25, -0.2) is 9.18 Å². The minimum absolute atomic E-state index is 0.0949. The van der Waals surface area contributed by atoms with E-state index in [-0.39, 0.29) is 19.1 Å². The van der Waals surface area contributed by atoms with Gasteiger partial charge < -0.3 is 19.5 Å². The van der Waals surface area contributed by atoms with Gasteiger partial charge in [0.1, 0.15) is 29.3 Å². The molecule has 5 heterocycles. The summed E-state index contributed by atoms with van der Waals surface area (Å²) in [6, 6.07) is 6.69. The van der Waals surface area contributed by atoms with Gasteiger partial charge in [-0.05, 0) is 39.0 Å². The zero-order valence-electron chi connectivity index (χ0n) is 21.8. The molecule has 0 saturated heterocycles. The Morgan fingerprint density at radius 3 is 2.66 bits per heavy atom. The lowest BCUT2D eigenvalue weighted by Crippen LogP contribution is -2.38. The third-order valence-corrected chi connectivity index (χ3v) is 6.66. The number of halogens is 1. The van der Waals surface area contributed by atoms with Crippen LogP contribution in [-0.2, 0) is 18.3 Å². The van der Waals surface area contributed by atoms with Crippen LogP contribution in [0.1, 0.15) is 37.8 Å². The Labute approximate surface area is 218 Å². The normalized spacial score (nSPS) is 16.6. The number of fused-ring (bicyclic) bond motifs is 3. The maximum absolute atomic E-state index is 15.3. The molecule has 11 nitrogen and oxygen atoms in total. The fraction of sp³-hybridized carbons (Fsp3) is 0.385. The Balaban J connectivity index is 1.60. The van der Waals surface area contributed by atoms with E-state index in [1.165, 1.54) is 17.3 Å². The monoisotopic (exact) mass is 521 g/mol. The molecule has 1 amide bonds. The molecule has 0 bridgehead atoms. The molecule has 198 valence electrons. The zero-order chi connectivity index (χ0) is 26.8. The quantitative estimate of drug-likeness (QED) is 0.420. The fourth-order valence-electron chi connectivity index (χ4n) is 5.00. The van der Waals surface area contributed by atoms with Crippen LogP contribution in [0, 0.1) is 5.82 Å². The van der Waals surface area contributed by atoms with Gasteiger partial charge in [-0.1, -0.05) is 0 Å². The van der Waals surface area contributed by atoms with Gasteiger partial charge in [0, 0.05) is 36.9 Å². The SMILES string of the molecule is CNc1cc(-c2cc3c(n4cnnc24)N(C(=O)OC(C)(C)C)Cc2c(F)ccc4c2[C@H](CO4)CO3)n(C)n1. The molecule has 4 aromatic rings. The van der Waals surface area contributed by atoms with E-state index in [0.717, 1.165) is 5.69 Å². The molecule has 2 aliphatic heterocycles. The minimum Gasteiger partial charge on any atom is -0.493 e. The van der Waals surface area contributed by atoms with Crippen LogP contribution in [0.2, 0.25) is 0 Å². The smallest absolute Gasteiger partial charge is 0.416 e. The number of pyridine rings is 1. The van der Waals surface area contributed by atoms with Crippen LogP contribution in [0.15, 0.2) is 30.6 Å². The van der Waals surface area contributed by atoms with E-state index in [1.807, 2.05) is 19.2 Å². The van der Waals surface area contributed by atoms with Crippen LogP contribution < -0.4 is 19.7 Å². The summed E-state index contributed by atoms with van der Waals surface area (Å²) in [7, 11) is 3.62.